The standard InChI is InChI=1S/C25H23BrN2O3/c1-16-13-19-8-7-17(15-27-24(29)21-5-3-4-6-22(21)26)14-23(19)28(16)25(30)18-9-11-20(31-2)12-10-18/h3-12,14,16H,13,15H2,1-2H3,(H,27,29)/t16-/m1/s1. The first-order chi connectivity index (χ1) is 15.0. The molecule has 4 rings (SSSR count). The minimum absolute atomic E-state index is 0.0386. The van der Waals surface area contributed by atoms with Gasteiger partial charge in [-0.2, -0.15) is 0 Å². The summed E-state index contributed by atoms with van der Waals surface area (Å²) in [5, 5.41) is 2.96. The number of benzene rings is 3. The number of carbonyl (C=O) groups excluding carboxylic acids is 2. The number of methoxy groups -OCH3 is 1. The van der Waals surface area contributed by atoms with E-state index < -0.39 is 0 Å². The van der Waals surface area contributed by atoms with E-state index in [1.807, 2.05) is 41.3 Å². The zero-order valence-corrected chi connectivity index (χ0v) is 19.0. The van der Waals surface area contributed by atoms with E-state index in [0.717, 1.165) is 33.5 Å². The van der Waals surface area contributed by atoms with Crippen molar-refractivity contribution in [2.45, 2.75) is 25.9 Å². The van der Waals surface area contributed by atoms with Gasteiger partial charge in [0, 0.05) is 28.3 Å². The Balaban J connectivity index is 1.53. The molecule has 1 aliphatic rings. The molecule has 0 saturated carbocycles. The maximum atomic E-state index is 13.2. The summed E-state index contributed by atoms with van der Waals surface area (Å²) in [4.78, 5) is 27.6. The molecule has 2 amide bonds. The van der Waals surface area contributed by atoms with Crippen LogP contribution in [0, 0.1) is 0 Å². The normalized spacial score (nSPS) is 14.8. The number of halogens is 1. The van der Waals surface area contributed by atoms with Crippen LogP contribution < -0.4 is 15.0 Å². The van der Waals surface area contributed by atoms with Gasteiger partial charge in [0.2, 0.25) is 0 Å². The minimum Gasteiger partial charge on any atom is -0.497 e. The number of fused-ring (bicyclic) bond motifs is 1. The Morgan fingerprint density at radius 3 is 2.55 bits per heavy atom. The van der Waals surface area contributed by atoms with Crippen LogP contribution in [-0.4, -0.2) is 25.0 Å². The molecule has 0 aromatic heterocycles. The van der Waals surface area contributed by atoms with Crippen LogP contribution in [0.2, 0.25) is 0 Å². The van der Waals surface area contributed by atoms with Gasteiger partial charge < -0.3 is 15.0 Å². The average molecular weight is 479 g/mol. The molecule has 1 heterocycles. The molecule has 3 aromatic carbocycles. The van der Waals surface area contributed by atoms with E-state index in [0.29, 0.717) is 17.7 Å². The van der Waals surface area contributed by atoms with E-state index >= 15 is 0 Å². The molecule has 5 nitrogen and oxygen atoms in total. The van der Waals surface area contributed by atoms with Gasteiger partial charge in [-0.05, 0) is 82.9 Å². The summed E-state index contributed by atoms with van der Waals surface area (Å²) >= 11 is 3.41. The highest BCUT2D eigenvalue weighted by molar-refractivity contribution is 9.10. The summed E-state index contributed by atoms with van der Waals surface area (Å²) in [6.07, 6.45) is 0.806. The smallest absolute Gasteiger partial charge is 0.258 e. The van der Waals surface area contributed by atoms with Crippen LogP contribution in [0.15, 0.2) is 71.2 Å². The van der Waals surface area contributed by atoms with Crippen molar-refractivity contribution in [3.63, 3.8) is 0 Å². The van der Waals surface area contributed by atoms with Crippen LogP contribution >= 0.6 is 15.9 Å². The average Bonchev–Trinajstić information content (AvgIpc) is 3.12. The zero-order valence-electron chi connectivity index (χ0n) is 17.4. The quantitative estimate of drug-likeness (QED) is 0.562. The Labute approximate surface area is 190 Å². The summed E-state index contributed by atoms with van der Waals surface area (Å²) in [5.41, 5.74) is 4.19. The molecule has 6 heteroatoms. The fourth-order valence-electron chi connectivity index (χ4n) is 3.87. The predicted octanol–water partition coefficient (Wildman–Crippen LogP) is 4.98. The third-order valence-corrected chi connectivity index (χ3v) is 6.18. The lowest BCUT2D eigenvalue weighted by molar-refractivity contribution is 0.0947. The third-order valence-electron chi connectivity index (χ3n) is 5.49. The summed E-state index contributed by atoms with van der Waals surface area (Å²) in [7, 11) is 1.60. The molecule has 158 valence electrons. The first kappa shape index (κ1) is 21.1. The lowest BCUT2D eigenvalue weighted by atomic mass is 10.1. The number of amides is 2. The maximum Gasteiger partial charge on any atom is 0.258 e. The van der Waals surface area contributed by atoms with Crippen molar-refractivity contribution in [3.05, 3.63) is 93.5 Å². The molecule has 0 saturated heterocycles. The molecule has 0 fully saturated rings. The van der Waals surface area contributed by atoms with Gasteiger partial charge in [0.25, 0.3) is 11.8 Å². The van der Waals surface area contributed by atoms with Crippen LogP contribution in [0.25, 0.3) is 0 Å². The third kappa shape index (κ3) is 4.35. The van der Waals surface area contributed by atoms with Crippen LogP contribution in [0.3, 0.4) is 0 Å². The molecular formula is C25H23BrN2O3. The van der Waals surface area contributed by atoms with Crippen molar-refractivity contribution in [2.24, 2.45) is 0 Å². The molecule has 0 unspecified atom stereocenters. The molecule has 3 aromatic rings. The molecule has 31 heavy (non-hydrogen) atoms. The van der Waals surface area contributed by atoms with Crippen LogP contribution in [0.1, 0.15) is 38.8 Å². The Bertz CT molecular complexity index is 1130. The van der Waals surface area contributed by atoms with Gasteiger partial charge in [0.05, 0.1) is 12.7 Å². The summed E-state index contributed by atoms with van der Waals surface area (Å²) < 4.78 is 5.95. The molecule has 0 bridgehead atoms. The summed E-state index contributed by atoms with van der Waals surface area (Å²) in [6, 6.07) is 20.6. The summed E-state index contributed by atoms with van der Waals surface area (Å²) in [5.74, 6) is 0.533. The Morgan fingerprint density at radius 2 is 1.84 bits per heavy atom. The number of nitrogens with one attached hydrogen (secondary N) is 1. The highest BCUT2D eigenvalue weighted by atomic mass is 79.9. The van der Waals surface area contributed by atoms with E-state index in [9.17, 15) is 9.59 Å². The fourth-order valence-corrected chi connectivity index (χ4v) is 4.33. The SMILES string of the molecule is COc1ccc(C(=O)N2c3cc(CNC(=O)c4ccccc4Br)ccc3C[C@H]2C)cc1. The molecule has 0 spiro atoms. The second kappa shape index (κ2) is 8.94. The van der Waals surface area contributed by atoms with E-state index in [-0.39, 0.29) is 17.9 Å². The van der Waals surface area contributed by atoms with E-state index in [1.165, 1.54) is 0 Å². The molecule has 1 N–H and O–H groups in total. The molecular weight excluding hydrogens is 456 g/mol. The molecule has 0 aliphatic carbocycles. The second-order valence-corrected chi connectivity index (χ2v) is 8.44. The topological polar surface area (TPSA) is 58.6 Å². The first-order valence-electron chi connectivity index (χ1n) is 10.1. The monoisotopic (exact) mass is 478 g/mol. The number of carbonyl (C=O) groups is 2. The first-order valence-corrected chi connectivity index (χ1v) is 10.9. The van der Waals surface area contributed by atoms with Crippen LogP contribution in [0.4, 0.5) is 5.69 Å². The largest absolute Gasteiger partial charge is 0.497 e. The molecule has 1 atom stereocenters. The van der Waals surface area contributed by atoms with Gasteiger partial charge in [0.1, 0.15) is 5.75 Å². The predicted molar refractivity (Wildman–Crippen MR) is 125 cm³/mol. The van der Waals surface area contributed by atoms with E-state index in [4.69, 9.17) is 4.74 Å². The summed E-state index contributed by atoms with van der Waals surface area (Å²) in [6.45, 7) is 2.43. The van der Waals surface area contributed by atoms with E-state index in [2.05, 4.69) is 28.2 Å². The van der Waals surface area contributed by atoms with Crippen molar-refractivity contribution in [2.75, 3.05) is 12.0 Å². The molecule has 0 radical (unpaired) electrons. The van der Waals surface area contributed by atoms with Gasteiger partial charge in [-0.3, -0.25) is 9.59 Å². The van der Waals surface area contributed by atoms with Gasteiger partial charge in [-0.15, -0.1) is 0 Å². The van der Waals surface area contributed by atoms with Crippen molar-refractivity contribution in [3.8, 4) is 5.75 Å². The Kier molecular flexibility index (Phi) is 6.09. The Morgan fingerprint density at radius 1 is 1.10 bits per heavy atom. The second-order valence-electron chi connectivity index (χ2n) is 7.58. The number of anilines is 1. The van der Waals surface area contributed by atoms with Crippen molar-refractivity contribution >= 4 is 33.4 Å². The van der Waals surface area contributed by atoms with Crippen LogP contribution in [-0.2, 0) is 13.0 Å². The number of nitrogens with zero attached hydrogens (tertiary/aromatic N) is 1. The number of hydrogen-bond donors (Lipinski definition) is 1. The number of rotatable bonds is 5. The minimum atomic E-state index is -0.146. The number of hydrogen-bond acceptors (Lipinski definition) is 3. The zero-order chi connectivity index (χ0) is 22.0. The highest BCUT2D eigenvalue weighted by Crippen LogP contribution is 2.34. The van der Waals surface area contributed by atoms with Crippen LogP contribution in [0.5, 0.6) is 5.75 Å². The highest BCUT2D eigenvalue weighted by Gasteiger charge is 2.31. The number of ether oxygens (including phenoxy) is 1. The maximum absolute atomic E-state index is 13.2. The van der Waals surface area contributed by atoms with Gasteiger partial charge >= 0.3 is 0 Å². The van der Waals surface area contributed by atoms with Crippen molar-refractivity contribution in [1.29, 1.82) is 0 Å². The lowest BCUT2D eigenvalue weighted by Gasteiger charge is -2.23. The fraction of sp³-hybridized carbons (Fsp3) is 0.200. The van der Waals surface area contributed by atoms with Gasteiger partial charge in [-0.1, -0.05) is 24.3 Å². The van der Waals surface area contributed by atoms with Crippen molar-refractivity contribution in [1.82, 2.24) is 5.32 Å². The van der Waals surface area contributed by atoms with Gasteiger partial charge in [0.15, 0.2) is 0 Å². The Hall–Kier alpha value is -3.12. The van der Waals surface area contributed by atoms with Gasteiger partial charge in [-0.25, -0.2) is 0 Å². The van der Waals surface area contributed by atoms with Crippen molar-refractivity contribution < 1.29 is 14.3 Å². The van der Waals surface area contributed by atoms with E-state index in [1.54, 1.807) is 37.4 Å². The molecule has 1 aliphatic heterocycles. The lowest BCUT2D eigenvalue weighted by Crippen LogP contribution is -2.35.